The van der Waals surface area contributed by atoms with Crippen LogP contribution in [0.1, 0.15) is 10.4 Å². The fourth-order valence-electron chi connectivity index (χ4n) is 1.57. The summed E-state index contributed by atoms with van der Waals surface area (Å²) in [5.41, 5.74) is 13.4. The third-order valence-electron chi connectivity index (χ3n) is 2.47. The topological polar surface area (TPSA) is 81.1 Å². The zero-order chi connectivity index (χ0) is 13.1. The molecule has 0 aromatic heterocycles. The van der Waals surface area contributed by atoms with Crippen molar-refractivity contribution in [3.05, 3.63) is 51.6 Å². The van der Waals surface area contributed by atoms with E-state index in [2.05, 4.69) is 27.9 Å². The van der Waals surface area contributed by atoms with Crippen molar-refractivity contribution < 1.29 is 4.79 Å². The lowest BCUT2D eigenvalue weighted by molar-refractivity contribution is 0.100. The van der Waals surface area contributed by atoms with Crippen LogP contribution in [0.25, 0.3) is 0 Å². The molecule has 0 heterocycles. The van der Waals surface area contributed by atoms with Gasteiger partial charge in [0.25, 0.3) is 5.91 Å². The lowest BCUT2D eigenvalue weighted by Crippen LogP contribution is -2.13. The molecule has 0 bridgehead atoms. The van der Waals surface area contributed by atoms with Gasteiger partial charge in [0, 0.05) is 14.9 Å². The van der Waals surface area contributed by atoms with Crippen LogP contribution >= 0.6 is 22.6 Å². The summed E-state index contributed by atoms with van der Waals surface area (Å²) < 4.78 is 1.09. The molecule has 5 heteroatoms. The molecule has 0 fully saturated rings. The van der Waals surface area contributed by atoms with Gasteiger partial charge in [-0.25, -0.2) is 0 Å². The predicted octanol–water partition coefficient (Wildman–Crippen LogP) is 2.72. The fourth-order valence-corrected chi connectivity index (χ4v) is 2.09. The van der Waals surface area contributed by atoms with Gasteiger partial charge in [0.2, 0.25) is 0 Å². The molecule has 2 rings (SSSR count). The Morgan fingerprint density at radius 3 is 2.56 bits per heavy atom. The Morgan fingerprint density at radius 1 is 1.17 bits per heavy atom. The molecule has 0 unspecified atom stereocenters. The number of hydrogen-bond donors (Lipinski definition) is 3. The summed E-state index contributed by atoms with van der Waals surface area (Å²) in [5.74, 6) is -0.529. The second-order valence-corrected chi connectivity index (χ2v) is 4.93. The fraction of sp³-hybridized carbons (Fsp3) is 0. The largest absolute Gasteiger partial charge is 0.398 e. The van der Waals surface area contributed by atoms with Crippen LogP contribution in [0.5, 0.6) is 0 Å². The Kier molecular flexibility index (Phi) is 3.71. The first-order valence-corrected chi connectivity index (χ1v) is 6.36. The Bertz CT molecular complexity index is 599. The van der Waals surface area contributed by atoms with E-state index in [1.807, 2.05) is 30.3 Å². The monoisotopic (exact) mass is 353 g/mol. The number of nitrogens with two attached hydrogens (primary N) is 2. The number of amides is 1. The van der Waals surface area contributed by atoms with Gasteiger partial charge in [-0.15, -0.1) is 0 Å². The Labute approximate surface area is 119 Å². The molecule has 2 aromatic carbocycles. The highest BCUT2D eigenvalue weighted by Gasteiger charge is 2.07. The Hall–Kier alpha value is -1.76. The molecule has 2 aromatic rings. The van der Waals surface area contributed by atoms with Crippen molar-refractivity contribution in [1.29, 1.82) is 0 Å². The van der Waals surface area contributed by atoms with Gasteiger partial charge < -0.3 is 16.8 Å². The summed E-state index contributed by atoms with van der Waals surface area (Å²) in [5, 5.41) is 3.22. The zero-order valence-electron chi connectivity index (χ0n) is 9.48. The number of nitrogen functional groups attached to an aromatic ring is 1. The van der Waals surface area contributed by atoms with E-state index in [0.717, 1.165) is 14.9 Å². The quantitative estimate of drug-likeness (QED) is 0.586. The normalized spacial score (nSPS) is 10.1. The Morgan fingerprint density at radius 2 is 1.89 bits per heavy atom. The summed E-state index contributed by atoms with van der Waals surface area (Å²) in [7, 11) is 0. The molecule has 0 atom stereocenters. The first-order valence-electron chi connectivity index (χ1n) is 5.29. The van der Waals surface area contributed by atoms with E-state index < -0.39 is 5.91 Å². The molecule has 0 aliphatic heterocycles. The number of halogens is 1. The maximum absolute atomic E-state index is 11.2. The van der Waals surface area contributed by atoms with Gasteiger partial charge in [-0.2, -0.15) is 0 Å². The van der Waals surface area contributed by atoms with Crippen molar-refractivity contribution in [2.75, 3.05) is 11.1 Å². The van der Waals surface area contributed by atoms with Crippen LogP contribution < -0.4 is 16.8 Å². The minimum Gasteiger partial charge on any atom is -0.398 e. The van der Waals surface area contributed by atoms with Crippen molar-refractivity contribution in [2.24, 2.45) is 5.73 Å². The number of carbonyl (C=O) groups excluding carboxylic acids is 1. The van der Waals surface area contributed by atoms with Crippen LogP contribution in [0.15, 0.2) is 42.5 Å². The summed E-state index contributed by atoms with van der Waals surface area (Å²) >= 11 is 2.24. The molecule has 0 radical (unpaired) electrons. The van der Waals surface area contributed by atoms with E-state index in [4.69, 9.17) is 11.5 Å². The van der Waals surface area contributed by atoms with Gasteiger partial charge in [0.15, 0.2) is 0 Å². The maximum Gasteiger partial charge on any atom is 0.250 e. The molecular formula is C13H12IN3O. The van der Waals surface area contributed by atoms with Crippen LogP contribution in [0.3, 0.4) is 0 Å². The predicted molar refractivity (Wildman–Crippen MR) is 81.8 cm³/mol. The summed E-state index contributed by atoms with van der Waals surface area (Å²) in [4.78, 5) is 11.2. The van der Waals surface area contributed by atoms with Gasteiger partial charge in [-0.3, -0.25) is 4.79 Å². The van der Waals surface area contributed by atoms with Gasteiger partial charge in [0.05, 0.1) is 11.3 Å². The van der Waals surface area contributed by atoms with Gasteiger partial charge in [-0.05, 0) is 52.9 Å². The average molecular weight is 353 g/mol. The van der Waals surface area contributed by atoms with Crippen molar-refractivity contribution in [3.63, 3.8) is 0 Å². The summed E-state index contributed by atoms with van der Waals surface area (Å²) in [6.07, 6.45) is 0. The third kappa shape index (κ3) is 2.73. The number of para-hydroxylation sites is 1. The highest BCUT2D eigenvalue weighted by atomic mass is 127. The summed E-state index contributed by atoms with van der Waals surface area (Å²) in [6, 6.07) is 13.0. The van der Waals surface area contributed by atoms with Crippen LogP contribution in [0.2, 0.25) is 0 Å². The minimum absolute atomic E-state index is 0.325. The minimum atomic E-state index is -0.529. The van der Waals surface area contributed by atoms with E-state index in [1.54, 1.807) is 12.1 Å². The van der Waals surface area contributed by atoms with Crippen LogP contribution in [0, 0.1) is 3.57 Å². The number of nitrogens with one attached hydrogen (secondary N) is 1. The molecule has 0 saturated carbocycles. The molecule has 1 amide bonds. The molecule has 0 spiro atoms. The number of carbonyl (C=O) groups is 1. The van der Waals surface area contributed by atoms with Crippen LogP contribution in [0.4, 0.5) is 17.1 Å². The molecular weight excluding hydrogens is 341 g/mol. The van der Waals surface area contributed by atoms with Crippen molar-refractivity contribution >= 4 is 45.6 Å². The van der Waals surface area contributed by atoms with Gasteiger partial charge in [0.1, 0.15) is 0 Å². The van der Waals surface area contributed by atoms with Gasteiger partial charge >= 0.3 is 0 Å². The van der Waals surface area contributed by atoms with Crippen molar-refractivity contribution in [2.45, 2.75) is 0 Å². The molecule has 92 valence electrons. The van der Waals surface area contributed by atoms with E-state index >= 15 is 0 Å². The highest BCUT2D eigenvalue weighted by Crippen LogP contribution is 2.24. The first-order chi connectivity index (χ1) is 8.58. The van der Waals surface area contributed by atoms with E-state index in [9.17, 15) is 4.79 Å². The molecule has 4 nitrogen and oxygen atoms in total. The van der Waals surface area contributed by atoms with Crippen molar-refractivity contribution in [3.8, 4) is 0 Å². The lowest BCUT2D eigenvalue weighted by atomic mass is 10.1. The third-order valence-corrected chi connectivity index (χ3v) is 3.41. The van der Waals surface area contributed by atoms with Crippen LogP contribution in [-0.4, -0.2) is 5.91 Å². The van der Waals surface area contributed by atoms with Crippen LogP contribution in [-0.2, 0) is 0 Å². The average Bonchev–Trinajstić information content (AvgIpc) is 2.34. The molecule has 18 heavy (non-hydrogen) atoms. The Balaban J connectivity index is 2.33. The zero-order valence-corrected chi connectivity index (χ0v) is 11.6. The SMILES string of the molecule is NC(=O)c1cc(Nc2ccccc2I)ccc1N. The molecule has 0 aliphatic carbocycles. The number of hydrogen-bond acceptors (Lipinski definition) is 3. The van der Waals surface area contributed by atoms with E-state index in [-0.39, 0.29) is 0 Å². The second-order valence-electron chi connectivity index (χ2n) is 3.77. The first kappa shape index (κ1) is 12.7. The van der Waals surface area contributed by atoms with Gasteiger partial charge in [-0.1, -0.05) is 12.1 Å². The van der Waals surface area contributed by atoms with Crippen molar-refractivity contribution in [1.82, 2.24) is 0 Å². The number of benzene rings is 2. The maximum atomic E-state index is 11.2. The smallest absolute Gasteiger partial charge is 0.250 e. The lowest BCUT2D eigenvalue weighted by Gasteiger charge is -2.10. The molecule has 5 N–H and O–H groups in total. The number of anilines is 3. The van der Waals surface area contributed by atoms with E-state index in [0.29, 0.717) is 11.3 Å². The van der Waals surface area contributed by atoms with E-state index in [1.165, 1.54) is 0 Å². The highest BCUT2D eigenvalue weighted by molar-refractivity contribution is 14.1. The molecule has 0 saturated heterocycles. The second kappa shape index (κ2) is 5.26. The standard InChI is InChI=1S/C13H12IN3O/c14-10-3-1-2-4-12(10)17-8-5-6-11(15)9(7-8)13(16)18/h1-7,17H,15H2,(H2,16,18). The molecule has 0 aliphatic rings. The number of primary amides is 1. The number of rotatable bonds is 3. The summed E-state index contributed by atoms with van der Waals surface area (Å²) in [6.45, 7) is 0.